The highest BCUT2D eigenvalue weighted by Crippen LogP contribution is 2.29. The summed E-state index contributed by atoms with van der Waals surface area (Å²) < 4.78 is 40.2. The number of fused-ring (bicyclic) bond motifs is 1. The number of aryl methyl sites for hydroxylation is 1. The van der Waals surface area contributed by atoms with Crippen LogP contribution in [0.25, 0.3) is 11.1 Å². The van der Waals surface area contributed by atoms with Crippen LogP contribution in [0.4, 0.5) is 5.82 Å². The van der Waals surface area contributed by atoms with Gasteiger partial charge in [-0.3, -0.25) is 0 Å². The summed E-state index contributed by atoms with van der Waals surface area (Å²) in [6.45, 7) is 4.52. The summed E-state index contributed by atoms with van der Waals surface area (Å²) in [6.07, 6.45) is 0. The number of hydrogen-bond donors (Lipinski definition) is 1. The number of benzene rings is 1. The standard InChI is InChI=1S/C20H21N3O7S/c1-4-28-20(25)15-11(3)30-18-16(15)17(21)22-14(23-18)10-29-19(24)12-8-6-7-9-13(12)31(26,27)5-2/h6-9H,4-5,10H2,1-3H3,(H2,21,22,23). The van der Waals surface area contributed by atoms with Crippen LogP contribution in [0.1, 0.15) is 46.1 Å². The van der Waals surface area contributed by atoms with Crippen molar-refractivity contribution in [2.45, 2.75) is 32.3 Å². The molecule has 2 aromatic heterocycles. The van der Waals surface area contributed by atoms with E-state index in [9.17, 15) is 18.0 Å². The summed E-state index contributed by atoms with van der Waals surface area (Å²) >= 11 is 0. The van der Waals surface area contributed by atoms with E-state index in [1.54, 1.807) is 13.8 Å². The van der Waals surface area contributed by atoms with Crippen molar-refractivity contribution in [2.24, 2.45) is 0 Å². The number of ether oxygens (including phenoxy) is 2. The monoisotopic (exact) mass is 447 g/mol. The molecule has 2 heterocycles. The van der Waals surface area contributed by atoms with Gasteiger partial charge in [0.2, 0.25) is 5.71 Å². The molecule has 0 bridgehead atoms. The third-order valence-electron chi connectivity index (χ3n) is 4.44. The van der Waals surface area contributed by atoms with Gasteiger partial charge < -0.3 is 19.6 Å². The van der Waals surface area contributed by atoms with E-state index in [0.717, 1.165) is 0 Å². The van der Waals surface area contributed by atoms with Crippen LogP contribution in [0, 0.1) is 6.92 Å². The summed E-state index contributed by atoms with van der Waals surface area (Å²) in [5.41, 5.74) is 6.08. The Hall–Kier alpha value is -3.47. The average Bonchev–Trinajstić information content (AvgIpc) is 3.08. The van der Waals surface area contributed by atoms with E-state index in [-0.39, 0.29) is 63.5 Å². The van der Waals surface area contributed by atoms with Crippen molar-refractivity contribution in [1.82, 2.24) is 9.97 Å². The fourth-order valence-electron chi connectivity index (χ4n) is 2.97. The zero-order valence-electron chi connectivity index (χ0n) is 17.2. The first kappa shape index (κ1) is 22.2. The van der Waals surface area contributed by atoms with E-state index < -0.39 is 21.8 Å². The van der Waals surface area contributed by atoms with Gasteiger partial charge in [-0.1, -0.05) is 19.1 Å². The van der Waals surface area contributed by atoms with Gasteiger partial charge in [0.25, 0.3) is 0 Å². The number of hydrogen-bond acceptors (Lipinski definition) is 10. The molecule has 0 unspecified atom stereocenters. The van der Waals surface area contributed by atoms with Crippen molar-refractivity contribution < 1.29 is 31.9 Å². The van der Waals surface area contributed by atoms with Crippen LogP contribution in [0.3, 0.4) is 0 Å². The lowest BCUT2D eigenvalue weighted by Crippen LogP contribution is -2.14. The molecular formula is C20H21N3O7S. The van der Waals surface area contributed by atoms with Crippen LogP contribution in [0.15, 0.2) is 33.6 Å². The van der Waals surface area contributed by atoms with Crippen molar-refractivity contribution in [3.8, 4) is 0 Å². The Balaban J connectivity index is 1.88. The molecular weight excluding hydrogens is 426 g/mol. The van der Waals surface area contributed by atoms with Crippen LogP contribution in [0.2, 0.25) is 0 Å². The lowest BCUT2D eigenvalue weighted by molar-refractivity contribution is 0.0457. The molecule has 11 heteroatoms. The van der Waals surface area contributed by atoms with Crippen molar-refractivity contribution in [1.29, 1.82) is 0 Å². The Morgan fingerprint density at radius 2 is 1.81 bits per heavy atom. The number of carbonyl (C=O) groups excluding carboxylic acids is 2. The third-order valence-corrected chi connectivity index (χ3v) is 6.22. The molecule has 0 spiro atoms. The van der Waals surface area contributed by atoms with Crippen LogP contribution < -0.4 is 5.73 Å². The van der Waals surface area contributed by atoms with Gasteiger partial charge in [0, 0.05) is 0 Å². The molecule has 2 N–H and O–H groups in total. The molecule has 10 nitrogen and oxygen atoms in total. The number of nitrogens with two attached hydrogens (primary N) is 1. The van der Waals surface area contributed by atoms with Crippen molar-refractivity contribution >= 4 is 38.7 Å². The Bertz CT molecular complexity index is 1270. The van der Waals surface area contributed by atoms with Gasteiger partial charge in [-0.2, -0.15) is 4.98 Å². The number of aromatic nitrogens is 2. The number of sulfone groups is 1. The quantitative estimate of drug-likeness (QED) is 0.534. The van der Waals surface area contributed by atoms with Gasteiger partial charge >= 0.3 is 11.9 Å². The zero-order chi connectivity index (χ0) is 22.8. The Labute approximate surface area is 178 Å². The second-order valence-corrected chi connectivity index (χ2v) is 8.68. The Morgan fingerprint density at radius 1 is 1.10 bits per heavy atom. The minimum atomic E-state index is -3.62. The first-order valence-corrected chi connectivity index (χ1v) is 11.1. The summed E-state index contributed by atoms with van der Waals surface area (Å²) in [7, 11) is -3.62. The highest BCUT2D eigenvalue weighted by Gasteiger charge is 2.25. The minimum absolute atomic E-state index is 0.0262. The summed E-state index contributed by atoms with van der Waals surface area (Å²) in [6, 6.07) is 5.77. The molecule has 3 aromatic rings. The molecule has 0 saturated carbocycles. The van der Waals surface area contributed by atoms with E-state index in [1.807, 2.05) is 0 Å². The second kappa shape index (κ2) is 8.72. The number of carbonyl (C=O) groups is 2. The molecule has 1 aromatic carbocycles. The lowest BCUT2D eigenvalue weighted by atomic mass is 10.2. The number of rotatable bonds is 7. The molecule has 31 heavy (non-hydrogen) atoms. The predicted octanol–water partition coefficient (Wildman–Crippen LogP) is 2.44. The molecule has 0 amide bonds. The van der Waals surface area contributed by atoms with Gasteiger partial charge in [-0.05, 0) is 26.0 Å². The topological polar surface area (TPSA) is 152 Å². The smallest absolute Gasteiger partial charge is 0.342 e. The molecule has 3 rings (SSSR count). The molecule has 0 atom stereocenters. The van der Waals surface area contributed by atoms with Crippen LogP contribution in [-0.4, -0.2) is 42.7 Å². The van der Waals surface area contributed by atoms with Crippen molar-refractivity contribution in [2.75, 3.05) is 18.1 Å². The summed E-state index contributed by atoms with van der Waals surface area (Å²) in [4.78, 5) is 32.8. The molecule has 164 valence electrons. The largest absolute Gasteiger partial charge is 0.462 e. The lowest BCUT2D eigenvalue weighted by Gasteiger charge is -2.09. The number of nitrogens with zero attached hydrogens (tertiary/aromatic N) is 2. The van der Waals surface area contributed by atoms with Crippen LogP contribution in [0.5, 0.6) is 0 Å². The van der Waals surface area contributed by atoms with E-state index in [4.69, 9.17) is 19.6 Å². The van der Waals surface area contributed by atoms with E-state index in [1.165, 1.54) is 31.2 Å². The van der Waals surface area contributed by atoms with Gasteiger partial charge in [-0.25, -0.2) is 23.0 Å². The Kier molecular flexibility index (Phi) is 6.25. The maximum absolute atomic E-state index is 12.5. The minimum Gasteiger partial charge on any atom is -0.462 e. The molecule has 0 fully saturated rings. The summed E-state index contributed by atoms with van der Waals surface area (Å²) in [5.74, 6) is -1.36. The number of furan rings is 1. The van der Waals surface area contributed by atoms with Gasteiger partial charge in [0.05, 0.1) is 28.2 Å². The molecule has 0 saturated heterocycles. The van der Waals surface area contributed by atoms with E-state index in [0.29, 0.717) is 0 Å². The fraction of sp³-hybridized carbons (Fsp3) is 0.300. The van der Waals surface area contributed by atoms with Gasteiger partial charge in [0.15, 0.2) is 22.3 Å². The number of nitrogen functional groups attached to an aromatic ring is 1. The maximum atomic E-state index is 12.5. The molecule has 0 aliphatic heterocycles. The first-order valence-electron chi connectivity index (χ1n) is 9.41. The summed E-state index contributed by atoms with van der Waals surface area (Å²) in [5, 5.41) is 0.213. The Morgan fingerprint density at radius 3 is 2.48 bits per heavy atom. The van der Waals surface area contributed by atoms with Gasteiger partial charge in [-0.15, -0.1) is 0 Å². The van der Waals surface area contributed by atoms with Crippen LogP contribution >= 0.6 is 0 Å². The van der Waals surface area contributed by atoms with Crippen LogP contribution in [-0.2, 0) is 25.9 Å². The highest BCUT2D eigenvalue weighted by atomic mass is 32.2. The predicted molar refractivity (Wildman–Crippen MR) is 110 cm³/mol. The molecule has 0 radical (unpaired) electrons. The van der Waals surface area contributed by atoms with Gasteiger partial charge in [0.1, 0.15) is 17.1 Å². The van der Waals surface area contributed by atoms with Crippen molar-refractivity contribution in [3.05, 3.63) is 47.0 Å². The van der Waals surface area contributed by atoms with Crippen molar-refractivity contribution in [3.63, 3.8) is 0 Å². The molecule has 0 aliphatic carbocycles. The first-order chi connectivity index (χ1) is 14.7. The van der Waals surface area contributed by atoms with E-state index in [2.05, 4.69) is 9.97 Å². The highest BCUT2D eigenvalue weighted by molar-refractivity contribution is 7.91. The SMILES string of the molecule is CCOC(=O)c1c(C)oc2nc(COC(=O)c3ccccc3S(=O)(=O)CC)nc(N)c12. The zero-order valence-corrected chi connectivity index (χ0v) is 18.0. The number of anilines is 1. The third kappa shape index (κ3) is 4.36. The normalized spacial score (nSPS) is 11.5. The fourth-order valence-corrected chi connectivity index (χ4v) is 4.05. The number of esters is 2. The molecule has 0 aliphatic rings. The maximum Gasteiger partial charge on any atom is 0.342 e. The average molecular weight is 447 g/mol. The second-order valence-electron chi connectivity index (χ2n) is 6.43. The van der Waals surface area contributed by atoms with E-state index >= 15 is 0 Å².